The molecule has 0 saturated heterocycles. The Morgan fingerprint density at radius 2 is 0.648 bits per heavy atom. The molecule has 0 radical (unpaired) electrons. The van der Waals surface area contributed by atoms with Crippen LogP contribution in [0, 0.1) is 0 Å². The molecule has 2 heteroatoms. The molecule has 0 atom stereocenters. The van der Waals surface area contributed by atoms with E-state index in [2.05, 4.69) is 205 Å². The predicted octanol–water partition coefficient (Wildman–Crippen LogP) is 12.9. The maximum atomic E-state index is 2.53. The van der Waals surface area contributed by atoms with Crippen LogP contribution in [0.1, 0.15) is 47.2 Å². The van der Waals surface area contributed by atoms with Crippen molar-refractivity contribution in [2.75, 3.05) is 0 Å². The fraction of sp³-hybridized carbons (Fsp3) is 0.0769. The number of para-hydroxylation sites is 4. The molecule has 12 rings (SSSR count). The van der Waals surface area contributed by atoms with E-state index < -0.39 is 5.41 Å². The molecule has 0 amide bonds. The number of aromatic nitrogens is 2. The van der Waals surface area contributed by atoms with E-state index in [1.807, 2.05) is 0 Å². The van der Waals surface area contributed by atoms with Gasteiger partial charge in [0.2, 0.25) is 0 Å². The summed E-state index contributed by atoms with van der Waals surface area (Å²) in [5, 5.41) is 5.11. The van der Waals surface area contributed by atoms with E-state index in [0.717, 1.165) is 0 Å². The minimum Gasteiger partial charge on any atom is -0.309 e. The van der Waals surface area contributed by atoms with Gasteiger partial charge in [0.1, 0.15) is 0 Å². The Kier molecular flexibility index (Phi) is 5.81. The van der Waals surface area contributed by atoms with Crippen molar-refractivity contribution < 1.29 is 0 Å². The first kappa shape index (κ1) is 29.9. The zero-order chi connectivity index (χ0) is 35.8. The van der Waals surface area contributed by atoms with E-state index in [1.54, 1.807) is 0 Å². The van der Waals surface area contributed by atoms with Crippen molar-refractivity contribution in [3.05, 3.63) is 215 Å². The van der Waals surface area contributed by atoms with Crippen LogP contribution in [0.3, 0.4) is 0 Å². The van der Waals surface area contributed by atoms with Gasteiger partial charge >= 0.3 is 0 Å². The smallest absolute Gasteiger partial charge is 0.0721 e. The van der Waals surface area contributed by atoms with Gasteiger partial charge in [0.25, 0.3) is 0 Å². The second kappa shape index (κ2) is 10.5. The fourth-order valence-corrected chi connectivity index (χ4v) is 10.6. The topological polar surface area (TPSA) is 9.86 Å². The Balaban J connectivity index is 1.23. The van der Waals surface area contributed by atoms with E-state index >= 15 is 0 Å². The first-order valence-corrected chi connectivity index (χ1v) is 19.0. The number of hydrogen-bond donors (Lipinski definition) is 0. The van der Waals surface area contributed by atoms with Gasteiger partial charge < -0.3 is 9.13 Å². The molecule has 2 nitrogen and oxygen atoms in total. The lowest BCUT2D eigenvalue weighted by Gasteiger charge is -2.47. The first-order chi connectivity index (χ1) is 26.6. The first-order valence-electron chi connectivity index (χ1n) is 19.0. The van der Waals surface area contributed by atoms with Crippen molar-refractivity contribution in [3.63, 3.8) is 0 Å². The zero-order valence-electron chi connectivity index (χ0n) is 30.2. The van der Waals surface area contributed by atoms with Crippen molar-refractivity contribution in [1.29, 1.82) is 0 Å². The molecule has 0 aliphatic heterocycles. The molecule has 10 aromatic rings. The van der Waals surface area contributed by atoms with Crippen LogP contribution in [0.25, 0.3) is 66.1 Å². The molecule has 8 aromatic carbocycles. The third-order valence-electron chi connectivity index (χ3n) is 12.8. The molecule has 254 valence electrons. The van der Waals surface area contributed by atoms with E-state index in [-0.39, 0.29) is 5.41 Å². The molecule has 0 fully saturated rings. The van der Waals surface area contributed by atoms with Gasteiger partial charge in [-0.15, -0.1) is 0 Å². The van der Waals surface area contributed by atoms with Gasteiger partial charge in [0.15, 0.2) is 0 Å². The van der Waals surface area contributed by atoms with Crippen molar-refractivity contribution in [1.82, 2.24) is 9.13 Å². The molecule has 2 aromatic heterocycles. The van der Waals surface area contributed by atoms with Crippen molar-refractivity contribution in [3.8, 4) is 22.5 Å². The third-order valence-corrected chi connectivity index (χ3v) is 12.8. The molecule has 0 N–H and O–H groups in total. The molecule has 2 aliphatic rings. The number of rotatable bonds is 2. The number of nitrogens with zero attached hydrogens (tertiary/aromatic N) is 2. The molecule has 0 bridgehead atoms. The van der Waals surface area contributed by atoms with Crippen LogP contribution in [0.4, 0.5) is 0 Å². The van der Waals surface area contributed by atoms with Crippen LogP contribution in [0.5, 0.6) is 0 Å². The van der Waals surface area contributed by atoms with Crippen LogP contribution >= 0.6 is 0 Å². The lowest BCUT2D eigenvalue weighted by Crippen LogP contribution is -2.41. The third kappa shape index (κ3) is 3.60. The normalized spacial score (nSPS) is 14.8. The highest BCUT2D eigenvalue weighted by molar-refractivity contribution is 6.10. The maximum Gasteiger partial charge on any atom is 0.0721 e. The minimum absolute atomic E-state index is 0.249. The van der Waals surface area contributed by atoms with Gasteiger partial charge in [-0.3, -0.25) is 0 Å². The molecule has 54 heavy (non-hydrogen) atoms. The van der Waals surface area contributed by atoms with Crippen molar-refractivity contribution in [2.45, 2.75) is 24.7 Å². The Labute approximate surface area is 314 Å². The van der Waals surface area contributed by atoms with E-state index in [0.29, 0.717) is 0 Å². The minimum atomic E-state index is -0.531. The summed E-state index contributed by atoms with van der Waals surface area (Å²) in [6, 6.07) is 68.3. The predicted molar refractivity (Wildman–Crippen MR) is 225 cm³/mol. The van der Waals surface area contributed by atoms with E-state index in [4.69, 9.17) is 0 Å². The molecule has 0 unspecified atom stereocenters. The summed E-state index contributed by atoms with van der Waals surface area (Å²) in [6.07, 6.45) is 0. The Morgan fingerprint density at radius 3 is 1.04 bits per heavy atom. The summed E-state index contributed by atoms with van der Waals surface area (Å²) in [4.78, 5) is 0. The van der Waals surface area contributed by atoms with Crippen LogP contribution < -0.4 is 0 Å². The van der Waals surface area contributed by atoms with Crippen LogP contribution in [-0.2, 0) is 10.8 Å². The second-order valence-corrected chi connectivity index (χ2v) is 15.7. The van der Waals surface area contributed by atoms with Crippen molar-refractivity contribution >= 4 is 43.6 Å². The van der Waals surface area contributed by atoms with E-state index in [9.17, 15) is 0 Å². The average molecular weight is 689 g/mol. The number of fused-ring (bicyclic) bond motifs is 15. The zero-order valence-corrected chi connectivity index (χ0v) is 30.2. The SMILES string of the molecule is CC1(C)c2ccc(-n3c4ccccc4c4ccccc43)cc2C2(c3ccccc3-c3ccccc32)c2cc(-n3c4ccccc4c4ccccc43)ccc21. The fourth-order valence-electron chi connectivity index (χ4n) is 10.6. The maximum absolute atomic E-state index is 2.53. The summed E-state index contributed by atoms with van der Waals surface area (Å²) in [6.45, 7) is 4.84. The Hall–Kier alpha value is -6.64. The summed E-state index contributed by atoms with van der Waals surface area (Å²) in [5.41, 5.74) is 17.3. The van der Waals surface area contributed by atoms with Crippen molar-refractivity contribution in [2.24, 2.45) is 0 Å². The number of benzene rings is 8. The highest BCUT2D eigenvalue weighted by atomic mass is 15.0. The quantitative estimate of drug-likeness (QED) is 0.171. The number of hydrogen-bond acceptors (Lipinski definition) is 0. The summed E-state index contributed by atoms with van der Waals surface area (Å²) >= 11 is 0. The molecule has 0 saturated carbocycles. The lowest BCUT2D eigenvalue weighted by atomic mass is 9.55. The molecule has 2 heterocycles. The van der Waals surface area contributed by atoms with Gasteiger partial charge in [0, 0.05) is 38.3 Å². The highest BCUT2D eigenvalue weighted by Crippen LogP contribution is 2.62. The van der Waals surface area contributed by atoms with Gasteiger partial charge in [-0.1, -0.05) is 147 Å². The molecule has 1 spiro atoms. The molecular weight excluding hydrogens is 653 g/mol. The summed E-state index contributed by atoms with van der Waals surface area (Å²) < 4.78 is 4.95. The Morgan fingerprint density at radius 1 is 0.315 bits per heavy atom. The molecule has 2 aliphatic carbocycles. The monoisotopic (exact) mass is 688 g/mol. The lowest BCUT2D eigenvalue weighted by molar-refractivity contribution is 0.562. The second-order valence-electron chi connectivity index (χ2n) is 15.7. The van der Waals surface area contributed by atoms with Crippen LogP contribution in [0.2, 0.25) is 0 Å². The largest absolute Gasteiger partial charge is 0.309 e. The van der Waals surface area contributed by atoms with Crippen LogP contribution in [-0.4, -0.2) is 9.13 Å². The average Bonchev–Trinajstić information content (AvgIpc) is 3.85. The van der Waals surface area contributed by atoms with Crippen LogP contribution in [0.15, 0.2) is 182 Å². The summed E-state index contributed by atoms with van der Waals surface area (Å²) in [5.74, 6) is 0. The molecular formula is C52H36N2. The highest BCUT2D eigenvalue weighted by Gasteiger charge is 2.53. The standard InChI is InChI=1S/C52H36N2/c1-51(2)43-29-27-33(53-47-23-11-5-17-37(47)38-18-6-12-24-48(38)53)31-45(43)52(41-21-9-3-15-35(41)36-16-4-10-22-42(36)52)46-32-34(28-30-44(46)51)54-49-25-13-7-19-39(49)40-20-8-14-26-50(40)54/h3-32H,1-2H3. The van der Waals surface area contributed by atoms with Gasteiger partial charge in [0.05, 0.1) is 27.5 Å². The Bertz CT molecular complexity index is 2880. The summed E-state index contributed by atoms with van der Waals surface area (Å²) in [7, 11) is 0. The van der Waals surface area contributed by atoms with Gasteiger partial charge in [-0.2, -0.15) is 0 Å². The van der Waals surface area contributed by atoms with Gasteiger partial charge in [-0.05, 0) is 93.0 Å². The van der Waals surface area contributed by atoms with E-state index in [1.165, 1.54) is 99.5 Å². The van der Waals surface area contributed by atoms with Gasteiger partial charge in [-0.25, -0.2) is 0 Å².